The van der Waals surface area contributed by atoms with Crippen molar-refractivity contribution in [3.05, 3.63) is 17.3 Å². The number of hydrogen-bond donors (Lipinski definition) is 1. The predicted molar refractivity (Wildman–Crippen MR) is 58.7 cm³/mol. The van der Waals surface area contributed by atoms with Crippen molar-refractivity contribution in [2.24, 2.45) is 0 Å². The zero-order valence-corrected chi connectivity index (χ0v) is 9.53. The number of carboxylic acid groups (broad SMARTS) is 1. The number of carbonyl (C=O) groups is 1. The maximum atomic E-state index is 11.0. The molecular formula is C12H17NO3. The van der Waals surface area contributed by atoms with Crippen LogP contribution in [-0.4, -0.2) is 16.1 Å². The van der Waals surface area contributed by atoms with Crippen molar-refractivity contribution >= 4 is 5.97 Å². The Labute approximate surface area is 94.7 Å². The van der Waals surface area contributed by atoms with Gasteiger partial charge in [-0.3, -0.25) is 0 Å². The molecule has 0 radical (unpaired) electrons. The molecule has 0 unspecified atom stereocenters. The van der Waals surface area contributed by atoms with Crippen molar-refractivity contribution in [3.8, 4) is 0 Å². The van der Waals surface area contributed by atoms with Crippen LogP contribution in [0.1, 0.15) is 67.1 Å². The molecule has 16 heavy (non-hydrogen) atoms. The van der Waals surface area contributed by atoms with E-state index in [0.717, 1.165) is 19.3 Å². The second kappa shape index (κ2) is 4.68. The van der Waals surface area contributed by atoms with Crippen molar-refractivity contribution < 1.29 is 14.3 Å². The Morgan fingerprint density at radius 2 is 2.19 bits per heavy atom. The summed E-state index contributed by atoms with van der Waals surface area (Å²) in [7, 11) is 0. The number of hydrogen-bond acceptors (Lipinski definition) is 3. The average molecular weight is 223 g/mol. The summed E-state index contributed by atoms with van der Waals surface area (Å²) in [4.78, 5) is 15.3. The van der Waals surface area contributed by atoms with E-state index >= 15 is 0 Å². The van der Waals surface area contributed by atoms with Gasteiger partial charge < -0.3 is 9.52 Å². The molecule has 1 aromatic heterocycles. The second-order valence-electron chi connectivity index (χ2n) is 4.36. The SMILES string of the molecule is CCCc1nc(C2CCCC2)oc1C(=O)O. The van der Waals surface area contributed by atoms with Crippen LogP contribution >= 0.6 is 0 Å². The minimum absolute atomic E-state index is 0.0451. The third-order valence-corrected chi connectivity index (χ3v) is 3.10. The molecule has 0 bridgehead atoms. The first-order chi connectivity index (χ1) is 7.72. The lowest BCUT2D eigenvalue weighted by Crippen LogP contribution is -1.99. The first kappa shape index (κ1) is 11.2. The van der Waals surface area contributed by atoms with Crippen LogP contribution in [0.25, 0.3) is 0 Å². The van der Waals surface area contributed by atoms with E-state index in [4.69, 9.17) is 9.52 Å². The van der Waals surface area contributed by atoms with E-state index in [2.05, 4.69) is 4.98 Å². The van der Waals surface area contributed by atoms with Crippen LogP contribution in [0.2, 0.25) is 0 Å². The summed E-state index contributed by atoms with van der Waals surface area (Å²) < 4.78 is 5.40. The maximum absolute atomic E-state index is 11.0. The van der Waals surface area contributed by atoms with Gasteiger partial charge in [0.05, 0.1) is 5.69 Å². The average Bonchev–Trinajstić information content (AvgIpc) is 2.83. The highest BCUT2D eigenvalue weighted by atomic mass is 16.4. The fourth-order valence-corrected chi connectivity index (χ4v) is 2.29. The molecular weight excluding hydrogens is 206 g/mol. The molecule has 0 atom stereocenters. The van der Waals surface area contributed by atoms with Gasteiger partial charge in [0.25, 0.3) is 0 Å². The Bertz CT molecular complexity index is 378. The summed E-state index contributed by atoms with van der Waals surface area (Å²) >= 11 is 0. The van der Waals surface area contributed by atoms with Gasteiger partial charge in [0.15, 0.2) is 5.89 Å². The van der Waals surface area contributed by atoms with Gasteiger partial charge in [-0.2, -0.15) is 0 Å². The van der Waals surface area contributed by atoms with Crippen molar-refractivity contribution in [3.63, 3.8) is 0 Å². The maximum Gasteiger partial charge on any atom is 0.373 e. The molecule has 1 aromatic rings. The monoisotopic (exact) mass is 223 g/mol. The predicted octanol–water partition coefficient (Wildman–Crippen LogP) is 2.98. The van der Waals surface area contributed by atoms with E-state index in [-0.39, 0.29) is 5.76 Å². The highest BCUT2D eigenvalue weighted by Crippen LogP contribution is 2.34. The molecule has 0 amide bonds. The van der Waals surface area contributed by atoms with Gasteiger partial charge >= 0.3 is 5.97 Å². The molecule has 4 heteroatoms. The lowest BCUT2D eigenvalue weighted by atomic mass is 10.1. The van der Waals surface area contributed by atoms with Crippen LogP contribution in [0.5, 0.6) is 0 Å². The van der Waals surface area contributed by atoms with Gasteiger partial charge in [-0.15, -0.1) is 0 Å². The van der Waals surface area contributed by atoms with E-state index in [1.807, 2.05) is 6.92 Å². The van der Waals surface area contributed by atoms with Gasteiger partial charge in [-0.1, -0.05) is 26.2 Å². The molecule has 0 saturated heterocycles. The Morgan fingerprint density at radius 1 is 1.50 bits per heavy atom. The van der Waals surface area contributed by atoms with Crippen molar-refractivity contribution in [2.75, 3.05) is 0 Å². The number of aromatic nitrogens is 1. The van der Waals surface area contributed by atoms with Crippen molar-refractivity contribution in [1.82, 2.24) is 4.98 Å². The molecule has 1 fully saturated rings. The molecule has 1 aliphatic carbocycles. The molecule has 0 spiro atoms. The Morgan fingerprint density at radius 3 is 2.75 bits per heavy atom. The van der Waals surface area contributed by atoms with Crippen LogP contribution in [-0.2, 0) is 6.42 Å². The van der Waals surface area contributed by atoms with Crippen molar-refractivity contribution in [1.29, 1.82) is 0 Å². The van der Waals surface area contributed by atoms with Gasteiger partial charge in [-0.25, -0.2) is 9.78 Å². The summed E-state index contributed by atoms with van der Waals surface area (Å²) in [6.07, 6.45) is 6.10. The minimum Gasteiger partial charge on any atom is -0.475 e. The summed E-state index contributed by atoms with van der Waals surface area (Å²) in [6, 6.07) is 0. The minimum atomic E-state index is -1.000. The van der Waals surface area contributed by atoms with Crippen molar-refractivity contribution in [2.45, 2.75) is 51.4 Å². The molecule has 1 saturated carbocycles. The number of carboxylic acids is 1. The number of nitrogens with zero attached hydrogens (tertiary/aromatic N) is 1. The molecule has 1 N–H and O–H groups in total. The number of rotatable bonds is 4. The van der Waals surface area contributed by atoms with Gasteiger partial charge in [0, 0.05) is 5.92 Å². The van der Waals surface area contributed by atoms with Crippen LogP contribution in [0, 0.1) is 0 Å². The summed E-state index contributed by atoms with van der Waals surface area (Å²) in [5.74, 6) is 0.0194. The first-order valence-electron chi connectivity index (χ1n) is 5.95. The second-order valence-corrected chi connectivity index (χ2v) is 4.36. The van der Waals surface area contributed by atoms with Crippen LogP contribution in [0.3, 0.4) is 0 Å². The smallest absolute Gasteiger partial charge is 0.373 e. The molecule has 4 nitrogen and oxygen atoms in total. The third-order valence-electron chi connectivity index (χ3n) is 3.10. The van der Waals surface area contributed by atoms with E-state index in [9.17, 15) is 4.79 Å². The highest BCUT2D eigenvalue weighted by molar-refractivity contribution is 5.85. The summed E-state index contributed by atoms with van der Waals surface area (Å²) in [5, 5.41) is 9.01. The Balaban J connectivity index is 2.26. The topological polar surface area (TPSA) is 63.3 Å². The fraction of sp³-hybridized carbons (Fsp3) is 0.667. The molecule has 2 rings (SSSR count). The normalized spacial score (nSPS) is 16.8. The molecule has 1 aliphatic rings. The lowest BCUT2D eigenvalue weighted by Gasteiger charge is -2.00. The molecule has 0 aliphatic heterocycles. The standard InChI is InChI=1S/C12H17NO3/c1-2-5-9-10(12(14)15)16-11(13-9)8-6-3-4-7-8/h8H,2-7H2,1H3,(H,14,15). The molecule has 88 valence electrons. The number of oxazole rings is 1. The summed E-state index contributed by atoms with van der Waals surface area (Å²) in [6.45, 7) is 2.01. The number of aromatic carboxylic acids is 1. The lowest BCUT2D eigenvalue weighted by molar-refractivity contribution is 0.0658. The van der Waals surface area contributed by atoms with Gasteiger partial charge in [0.1, 0.15) is 0 Å². The quantitative estimate of drug-likeness (QED) is 0.852. The van der Waals surface area contributed by atoms with E-state index in [0.29, 0.717) is 23.9 Å². The first-order valence-corrected chi connectivity index (χ1v) is 5.95. The molecule has 1 heterocycles. The van der Waals surface area contributed by atoms with Crippen LogP contribution < -0.4 is 0 Å². The van der Waals surface area contributed by atoms with Gasteiger partial charge in [-0.05, 0) is 19.3 Å². The molecule has 0 aromatic carbocycles. The number of aryl methyl sites for hydroxylation is 1. The zero-order valence-electron chi connectivity index (χ0n) is 9.53. The van der Waals surface area contributed by atoms with E-state index < -0.39 is 5.97 Å². The zero-order chi connectivity index (χ0) is 11.5. The third kappa shape index (κ3) is 2.10. The Kier molecular flexibility index (Phi) is 3.27. The fourth-order valence-electron chi connectivity index (χ4n) is 2.29. The Hall–Kier alpha value is -1.32. The largest absolute Gasteiger partial charge is 0.475 e. The van der Waals surface area contributed by atoms with Gasteiger partial charge in [0.2, 0.25) is 5.76 Å². The van der Waals surface area contributed by atoms with E-state index in [1.54, 1.807) is 0 Å². The van der Waals surface area contributed by atoms with E-state index in [1.165, 1.54) is 12.8 Å². The van der Waals surface area contributed by atoms with Crippen LogP contribution in [0.4, 0.5) is 0 Å². The highest BCUT2D eigenvalue weighted by Gasteiger charge is 2.26. The summed E-state index contributed by atoms with van der Waals surface area (Å²) in [5.41, 5.74) is 0.608. The van der Waals surface area contributed by atoms with Crippen LogP contribution in [0.15, 0.2) is 4.42 Å².